The first kappa shape index (κ1) is 11.4. The lowest BCUT2D eigenvalue weighted by Gasteiger charge is -2.15. The largest absolute Gasteiger partial charge is 0.374 e. The number of benzene rings is 1. The number of hydrogen-bond acceptors (Lipinski definition) is 3. The topological polar surface area (TPSA) is 35.5 Å². The van der Waals surface area contributed by atoms with Gasteiger partial charge in [-0.3, -0.25) is 4.21 Å². The molecule has 0 aliphatic carbocycles. The Balaban J connectivity index is 1.67. The van der Waals surface area contributed by atoms with E-state index >= 15 is 0 Å². The van der Waals surface area contributed by atoms with Crippen molar-refractivity contribution in [2.75, 3.05) is 13.2 Å². The molecule has 3 nitrogen and oxygen atoms in total. The lowest BCUT2D eigenvalue weighted by atomic mass is 10.2. The predicted molar refractivity (Wildman–Crippen MR) is 66.2 cm³/mol. The van der Waals surface area contributed by atoms with E-state index in [1.165, 1.54) is 0 Å². The van der Waals surface area contributed by atoms with Crippen LogP contribution in [0, 0.1) is 0 Å². The summed E-state index contributed by atoms with van der Waals surface area (Å²) in [6.45, 7) is 1.32. The highest BCUT2D eigenvalue weighted by Gasteiger charge is 2.44. The van der Waals surface area contributed by atoms with Crippen molar-refractivity contribution in [3.05, 3.63) is 35.9 Å². The van der Waals surface area contributed by atoms with E-state index in [-0.39, 0.29) is 17.5 Å². The SMILES string of the molecule is O=[S@](Cc1ccccc1)C1COC2CCOC21. The van der Waals surface area contributed by atoms with E-state index in [1.807, 2.05) is 30.3 Å². The quantitative estimate of drug-likeness (QED) is 0.817. The number of fused-ring (bicyclic) bond motifs is 1. The van der Waals surface area contributed by atoms with Gasteiger partial charge in [-0.25, -0.2) is 0 Å². The van der Waals surface area contributed by atoms with E-state index in [9.17, 15) is 4.21 Å². The molecule has 0 spiro atoms. The highest BCUT2D eigenvalue weighted by atomic mass is 32.2. The van der Waals surface area contributed by atoms with Gasteiger partial charge in [0.15, 0.2) is 0 Å². The van der Waals surface area contributed by atoms with Crippen molar-refractivity contribution < 1.29 is 13.7 Å². The second kappa shape index (κ2) is 4.88. The molecule has 17 heavy (non-hydrogen) atoms. The van der Waals surface area contributed by atoms with Gasteiger partial charge in [-0.05, 0) is 12.0 Å². The van der Waals surface area contributed by atoms with Gasteiger partial charge >= 0.3 is 0 Å². The molecule has 1 aromatic carbocycles. The third kappa shape index (κ3) is 2.30. The highest BCUT2D eigenvalue weighted by molar-refractivity contribution is 7.85. The van der Waals surface area contributed by atoms with Gasteiger partial charge in [0.05, 0.1) is 18.0 Å². The van der Waals surface area contributed by atoms with Crippen LogP contribution in [-0.2, 0) is 26.0 Å². The fourth-order valence-corrected chi connectivity index (χ4v) is 4.02. The van der Waals surface area contributed by atoms with Crippen molar-refractivity contribution in [1.29, 1.82) is 0 Å². The highest BCUT2D eigenvalue weighted by Crippen LogP contribution is 2.30. The first-order chi connectivity index (χ1) is 8.34. The summed E-state index contributed by atoms with van der Waals surface area (Å²) in [6, 6.07) is 9.96. The van der Waals surface area contributed by atoms with E-state index in [0.717, 1.165) is 18.6 Å². The Morgan fingerprint density at radius 2 is 2.06 bits per heavy atom. The van der Waals surface area contributed by atoms with Gasteiger partial charge in [0.25, 0.3) is 0 Å². The van der Waals surface area contributed by atoms with Crippen LogP contribution in [0.1, 0.15) is 12.0 Å². The first-order valence-electron chi connectivity index (χ1n) is 5.99. The summed E-state index contributed by atoms with van der Waals surface area (Å²) in [5.74, 6) is 0.599. The molecule has 2 fully saturated rings. The number of ether oxygens (including phenoxy) is 2. The van der Waals surface area contributed by atoms with Gasteiger partial charge in [-0.15, -0.1) is 0 Å². The summed E-state index contributed by atoms with van der Waals surface area (Å²) in [7, 11) is -0.907. The normalized spacial score (nSPS) is 33.5. The van der Waals surface area contributed by atoms with Crippen molar-refractivity contribution in [2.45, 2.75) is 29.6 Å². The molecule has 0 N–H and O–H groups in total. The van der Waals surface area contributed by atoms with E-state index in [1.54, 1.807) is 0 Å². The molecule has 0 radical (unpaired) electrons. The lowest BCUT2D eigenvalue weighted by Crippen LogP contribution is -2.31. The first-order valence-corrected chi connectivity index (χ1v) is 7.37. The van der Waals surface area contributed by atoms with Crippen molar-refractivity contribution in [1.82, 2.24) is 0 Å². The number of rotatable bonds is 3. The van der Waals surface area contributed by atoms with E-state index < -0.39 is 10.8 Å². The zero-order chi connectivity index (χ0) is 11.7. The summed E-state index contributed by atoms with van der Waals surface area (Å²) >= 11 is 0. The Bertz CT molecular complexity index is 406. The molecule has 0 aromatic heterocycles. The standard InChI is InChI=1S/C13H16O3S/c14-17(9-10-4-2-1-3-5-10)12-8-16-11-6-7-15-13(11)12/h1-5,11-13H,6-9H2/t11?,12?,13?,17-/m1/s1. The summed E-state index contributed by atoms with van der Waals surface area (Å²) in [4.78, 5) is 0. The summed E-state index contributed by atoms with van der Waals surface area (Å²) in [5.41, 5.74) is 1.12. The van der Waals surface area contributed by atoms with Gasteiger partial charge in [0, 0.05) is 23.2 Å². The number of hydrogen-bond donors (Lipinski definition) is 0. The molecule has 0 saturated carbocycles. The molecule has 1 aromatic rings. The minimum atomic E-state index is -0.907. The van der Waals surface area contributed by atoms with Crippen LogP contribution in [0.5, 0.6) is 0 Å². The maximum absolute atomic E-state index is 12.3. The molecule has 2 heterocycles. The molecule has 92 valence electrons. The zero-order valence-corrected chi connectivity index (χ0v) is 10.4. The van der Waals surface area contributed by atoms with Crippen LogP contribution in [0.15, 0.2) is 30.3 Å². The summed E-state index contributed by atoms with van der Waals surface area (Å²) in [6.07, 6.45) is 1.18. The molecule has 0 amide bonds. The Kier molecular flexibility index (Phi) is 3.27. The third-order valence-electron chi connectivity index (χ3n) is 3.41. The molecule has 2 aliphatic heterocycles. The summed E-state index contributed by atoms with van der Waals surface area (Å²) < 4.78 is 23.6. The van der Waals surface area contributed by atoms with Gasteiger partial charge in [-0.1, -0.05) is 30.3 Å². The van der Waals surface area contributed by atoms with Crippen molar-refractivity contribution >= 4 is 10.8 Å². The fraction of sp³-hybridized carbons (Fsp3) is 0.538. The van der Waals surface area contributed by atoms with E-state index in [4.69, 9.17) is 9.47 Å². The second-order valence-corrected chi connectivity index (χ2v) is 6.20. The predicted octanol–water partition coefficient (Wildman–Crippen LogP) is 1.49. The molecule has 4 atom stereocenters. The van der Waals surface area contributed by atoms with Crippen LogP contribution in [0.3, 0.4) is 0 Å². The van der Waals surface area contributed by atoms with Crippen molar-refractivity contribution in [2.24, 2.45) is 0 Å². The maximum atomic E-state index is 12.3. The maximum Gasteiger partial charge on any atom is 0.100 e. The average Bonchev–Trinajstić information content (AvgIpc) is 2.91. The molecule has 2 aliphatic rings. The van der Waals surface area contributed by atoms with Crippen LogP contribution < -0.4 is 0 Å². The van der Waals surface area contributed by atoms with Crippen molar-refractivity contribution in [3.8, 4) is 0 Å². The van der Waals surface area contributed by atoms with Crippen LogP contribution in [-0.4, -0.2) is 34.9 Å². The third-order valence-corrected chi connectivity index (χ3v) is 5.11. The molecule has 3 rings (SSSR count). The zero-order valence-electron chi connectivity index (χ0n) is 9.58. The molecular formula is C13H16O3S. The van der Waals surface area contributed by atoms with Gasteiger partial charge in [0.2, 0.25) is 0 Å². The minimum Gasteiger partial charge on any atom is -0.374 e. The Hall–Kier alpha value is -0.710. The Morgan fingerprint density at radius 1 is 1.24 bits per heavy atom. The fourth-order valence-electron chi connectivity index (χ4n) is 2.50. The van der Waals surface area contributed by atoms with E-state index in [2.05, 4.69) is 0 Å². The summed E-state index contributed by atoms with van der Waals surface area (Å²) in [5, 5.41) is 0.0442. The van der Waals surface area contributed by atoms with Crippen molar-refractivity contribution in [3.63, 3.8) is 0 Å². The van der Waals surface area contributed by atoms with E-state index in [0.29, 0.717) is 12.4 Å². The molecule has 4 heteroatoms. The minimum absolute atomic E-state index is 0.0442. The van der Waals surface area contributed by atoms with Crippen LogP contribution in [0.4, 0.5) is 0 Å². The van der Waals surface area contributed by atoms with Crippen LogP contribution >= 0.6 is 0 Å². The molecular weight excluding hydrogens is 236 g/mol. The molecule has 0 bridgehead atoms. The second-order valence-electron chi connectivity index (χ2n) is 4.54. The van der Waals surface area contributed by atoms with Crippen LogP contribution in [0.25, 0.3) is 0 Å². The lowest BCUT2D eigenvalue weighted by molar-refractivity contribution is 0.0737. The smallest absolute Gasteiger partial charge is 0.100 e. The Labute approximate surface area is 104 Å². The Morgan fingerprint density at radius 3 is 2.88 bits per heavy atom. The van der Waals surface area contributed by atoms with Gasteiger partial charge in [0.1, 0.15) is 6.10 Å². The van der Waals surface area contributed by atoms with Gasteiger partial charge < -0.3 is 9.47 Å². The monoisotopic (exact) mass is 252 g/mol. The van der Waals surface area contributed by atoms with Crippen LogP contribution in [0.2, 0.25) is 0 Å². The van der Waals surface area contributed by atoms with Gasteiger partial charge in [-0.2, -0.15) is 0 Å². The molecule has 2 saturated heterocycles. The molecule has 3 unspecified atom stereocenters. The average molecular weight is 252 g/mol.